The average Bonchev–Trinajstić information content (AvgIpc) is 2.47. The Morgan fingerprint density at radius 2 is 2.00 bits per heavy atom. The van der Waals surface area contributed by atoms with Crippen LogP contribution >= 0.6 is 11.6 Å². The van der Waals surface area contributed by atoms with Crippen LogP contribution in [0.15, 0.2) is 23.1 Å². The quantitative estimate of drug-likeness (QED) is 0.793. The molecule has 0 aromatic heterocycles. The fourth-order valence-corrected chi connectivity index (χ4v) is 3.54. The van der Waals surface area contributed by atoms with Crippen molar-refractivity contribution in [2.45, 2.75) is 31.1 Å². The molecule has 7 heteroatoms. The number of nitriles is 1. The molecule has 0 unspecified atom stereocenters. The fraction of sp³-hybridized carbons (Fsp3) is 0.500. The zero-order chi connectivity index (χ0) is 15.9. The van der Waals surface area contributed by atoms with Gasteiger partial charge in [-0.05, 0) is 31.0 Å². The van der Waals surface area contributed by atoms with Gasteiger partial charge in [-0.3, -0.25) is 0 Å². The zero-order valence-electron chi connectivity index (χ0n) is 11.9. The number of benzene rings is 1. The van der Waals surface area contributed by atoms with Gasteiger partial charge in [-0.1, -0.05) is 24.9 Å². The second-order valence-electron chi connectivity index (χ2n) is 4.59. The number of halogens is 1. The highest BCUT2D eigenvalue weighted by Crippen LogP contribution is 2.23. The van der Waals surface area contributed by atoms with Gasteiger partial charge in [0.15, 0.2) is 0 Å². The topological polar surface area (TPSA) is 81.4 Å². The first kappa shape index (κ1) is 17.9. The van der Waals surface area contributed by atoms with Crippen LogP contribution in [0.4, 0.5) is 0 Å². The molecule has 0 aliphatic carbocycles. The van der Waals surface area contributed by atoms with Crippen molar-refractivity contribution in [1.29, 1.82) is 5.26 Å². The summed E-state index contributed by atoms with van der Waals surface area (Å²) in [6.07, 6.45) is 1.99. The molecule has 1 aromatic carbocycles. The van der Waals surface area contributed by atoms with Crippen LogP contribution < -0.4 is 0 Å². The van der Waals surface area contributed by atoms with Crippen LogP contribution in [-0.2, 0) is 10.0 Å². The average molecular weight is 331 g/mol. The van der Waals surface area contributed by atoms with E-state index in [1.54, 1.807) is 0 Å². The summed E-state index contributed by atoms with van der Waals surface area (Å²) in [7, 11) is -3.68. The number of hydrogen-bond acceptors (Lipinski definition) is 4. The predicted octanol–water partition coefficient (Wildman–Crippen LogP) is 2.38. The van der Waals surface area contributed by atoms with E-state index in [0.717, 1.165) is 12.8 Å². The van der Waals surface area contributed by atoms with E-state index in [1.807, 2.05) is 13.0 Å². The van der Waals surface area contributed by atoms with Gasteiger partial charge in [-0.2, -0.15) is 9.57 Å². The second kappa shape index (κ2) is 8.35. The van der Waals surface area contributed by atoms with Crippen molar-refractivity contribution in [2.75, 3.05) is 19.7 Å². The lowest BCUT2D eigenvalue weighted by atomic mass is 10.2. The minimum absolute atomic E-state index is 0.0532. The Hall–Kier alpha value is -1.13. The number of rotatable bonds is 8. The highest BCUT2D eigenvalue weighted by Gasteiger charge is 2.24. The van der Waals surface area contributed by atoms with E-state index in [1.165, 1.54) is 22.5 Å². The van der Waals surface area contributed by atoms with Gasteiger partial charge >= 0.3 is 0 Å². The molecule has 0 bridgehead atoms. The van der Waals surface area contributed by atoms with Gasteiger partial charge in [-0.15, -0.1) is 0 Å². The largest absolute Gasteiger partial charge is 0.396 e. The lowest BCUT2D eigenvalue weighted by Crippen LogP contribution is -2.33. The molecular formula is C14H19ClN2O3S. The molecule has 0 saturated heterocycles. The summed E-state index contributed by atoms with van der Waals surface area (Å²) in [5.41, 5.74) is 0.135. The minimum atomic E-state index is -3.68. The Labute approximate surface area is 130 Å². The van der Waals surface area contributed by atoms with Gasteiger partial charge in [0, 0.05) is 19.7 Å². The Morgan fingerprint density at radius 3 is 2.57 bits per heavy atom. The summed E-state index contributed by atoms with van der Waals surface area (Å²) in [5, 5.41) is 18.1. The van der Waals surface area contributed by atoms with Gasteiger partial charge in [0.2, 0.25) is 10.0 Å². The number of unbranched alkanes of at least 4 members (excludes halogenated alkanes) is 1. The molecule has 0 aliphatic rings. The Bertz CT molecular complexity index is 603. The molecular weight excluding hydrogens is 312 g/mol. The molecule has 0 aliphatic heterocycles. The van der Waals surface area contributed by atoms with Gasteiger partial charge in [-0.25, -0.2) is 8.42 Å². The maximum absolute atomic E-state index is 12.6. The third-order valence-electron chi connectivity index (χ3n) is 3.02. The summed E-state index contributed by atoms with van der Waals surface area (Å²) in [6.45, 7) is 2.56. The van der Waals surface area contributed by atoms with Crippen LogP contribution in [0.2, 0.25) is 5.02 Å². The van der Waals surface area contributed by atoms with Gasteiger partial charge in [0.05, 0.1) is 15.5 Å². The highest BCUT2D eigenvalue weighted by molar-refractivity contribution is 7.89. The first-order valence-electron chi connectivity index (χ1n) is 6.78. The number of hydrogen-bond donors (Lipinski definition) is 1. The molecule has 0 atom stereocenters. The predicted molar refractivity (Wildman–Crippen MR) is 81.5 cm³/mol. The monoisotopic (exact) mass is 330 g/mol. The van der Waals surface area contributed by atoms with Crippen molar-refractivity contribution in [1.82, 2.24) is 4.31 Å². The summed E-state index contributed by atoms with van der Waals surface area (Å²) < 4.78 is 26.6. The van der Waals surface area contributed by atoms with E-state index in [4.69, 9.17) is 22.0 Å². The second-order valence-corrected chi connectivity index (χ2v) is 6.93. The lowest BCUT2D eigenvalue weighted by molar-refractivity contribution is 0.268. The van der Waals surface area contributed by atoms with Crippen molar-refractivity contribution in [2.24, 2.45) is 0 Å². The van der Waals surface area contributed by atoms with E-state index < -0.39 is 10.0 Å². The molecule has 0 heterocycles. The molecule has 0 amide bonds. The number of nitrogens with zero attached hydrogens (tertiary/aromatic N) is 2. The standard InChI is InChI=1S/C14H19ClN2O3S/c1-2-3-7-17(8-4-9-18)21(19,20)13-5-6-14(15)12(10-13)11-16/h5-6,10,18H,2-4,7-9H2,1H3. The van der Waals surface area contributed by atoms with E-state index in [0.29, 0.717) is 13.0 Å². The number of aliphatic hydroxyl groups excluding tert-OH is 1. The van der Waals surface area contributed by atoms with Gasteiger partial charge < -0.3 is 5.11 Å². The smallest absolute Gasteiger partial charge is 0.243 e. The molecule has 116 valence electrons. The fourth-order valence-electron chi connectivity index (χ4n) is 1.83. The van der Waals surface area contributed by atoms with Crippen molar-refractivity contribution in [3.63, 3.8) is 0 Å². The first-order chi connectivity index (χ1) is 9.97. The summed E-state index contributed by atoms with van der Waals surface area (Å²) in [4.78, 5) is 0.0532. The van der Waals surface area contributed by atoms with E-state index in [-0.39, 0.29) is 28.6 Å². The molecule has 0 radical (unpaired) electrons. The molecule has 1 rings (SSSR count). The highest BCUT2D eigenvalue weighted by atomic mass is 35.5. The van der Waals surface area contributed by atoms with Crippen molar-refractivity contribution < 1.29 is 13.5 Å². The van der Waals surface area contributed by atoms with Crippen molar-refractivity contribution in [3.8, 4) is 6.07 Å². The maximum atomic E-state index is 12.6. The van der Waals surface area contributed by atoms with E-state index >= 15 is 0 Å². The van der Waals surface area contributed by atoms with Crippen molar-refractivity contribution in [3.05, 3.63) is 28.8 Å². The van der Waals surface area contributed by atoms with Gasteiger partial charge in [0.25, 0.3) is 0 Å². The van der Waals surface area contributed by atoms with Gasteiger partial charge in [0.1, 0.15) is 6.07 Å². The lowest BCUT2D eigenvalue weighted by Gasteiger charge is -2.22. The van der Waals surface area contributed by atoms with Crippen LogP contribution in [0.5, 0.6) is 0 Å². The maximum Gasteiger partial charge on any atom is 0.243 e. The third-order valence-corrected chi connectivity index (χ3v) is 5.25. The van der Waals surface area contributed by atoms with E-state index in [9.17, 15) is 8.42 Å². The Kier molecular flexibility index (Phi) is 7.12. The molecule has 5 nitrogen and oxygen atoms in total. The van der Waals surface area contributed by atoms with E-state index in [2.05, 4.69) is 0 Å². The minimum Gasteiger partial charge on any atom is -0.396 e. The molecule has 21 heavy (non-hydrogen) atoms. The summed E-state index contributed by atoms with van der Waals surface area (Å²) >= 11 is 5.83. The first-order valence-corrected chi connectivity index (χ1v) is 8.59. The van der Waals surface area contributed by atoms with Crippen LogP contribution in [0, 0.1) is 11.3 Å². The molecule has 0 spiro atoms. The van der Waals surface area contributed by atoms with Crippen LogP contribution in [0.3, 0.4) is 0 Å². The third kappa shape index (κ3) is 4.68. The van der Waals surface area contributed by atoms with Crippen molar-refractivity contribution >= 4 is 21.6 Å². The normalized spacial score (nSPS) is 11.6. The SMILES string of the molecule is CCCCN(CCCO)S(=O)(=O)c1ccc(Cl)c(C#N)c1. The number of aliphatic hydroxyl groups is 1. The molecule has 1 aromatic rings. The Morgan fingerprint density at radius 1 is 1.33 bits per heavy atom. The Balaban J connectivity index is 3.12. The molecule has 0 saturated carbocycles. The molecule has 1 N–H and O–H groups in total. The summed E-state index contributed by atoms with van der Waals surface area (Å²) in [5.74, 6) is 0. The summed E-state index contributed by atoms with van der Waals surface area (Å²) in [6, 6.07) is 5.98. The van der Waals surface area contributed by atoms with Crippen LogP contribution in [0.25, 0.3) is 0 Å². The number of sulfonamides is 1. The molecule has 0 fully saturated rings. The van der Waals surface area contributed by atoms with Crippen LogP contribution in [-0.4, -0.2) is 37.5 Å². The zero-order valence-corrected chi connectivity index (χ0v) is 13.5. The van der Waals surface area contributed by atoms with Crippen LogP contribution in [0.1, 0.15) is 31.7 Å².